The minimum absolute atomic E-state index is 0.0822. The van der Waals surface area contributed by atoms with Gasteiger partial charge in [-0.1, -0.05) is 20.4 Å². The molecule has 1 N–H and O–H groups in total. The van der Waals surface area contributed by atoms with Gasteiger partial charge in [0.05, 0.1) is 22.1 Å². The average molecular weight is 292 g/mol. The van der Waals surface area contributed by atoms with Crippen LogP contribution < -0.4 is 5.43 Å². The summed E-state index contributed by atoms with van der Waals surface area (Å²) in [6.07, 6.45) is 2.39. The molecule has 0 unspecified atom stereocenters. The van der Waals surface area contributed by atoms with Crippen LogP contribution in [0.4, 0.5) is 17.1 Å². The van der Waals surface area contributed by atoms with Gasteiger partial charge in [-0.05, 0) is 24.0 Å². The van der Waals surface area contributed by atoms with Gasteiger partial charge in [-0.25, -0.2) is 0 Å². The average Bonchev–Trinajstić information content (AvgIpc) is 2.45. The Bertz CT molecular complexity index is 598. The van der Waals surface area contributed by atoms with Crippen LogP contribution in [0.15, 0.2) is 35.5 Å². The van der Waals surface area contributed by atoms with E-state index in [9.17, 15) is 20.2 Å². The summed E-state index contributed by atoms with van der Waals surface area (Å²) >= 11 is 0. The van der Waals surface area contributed by atoms with Crippen LogP contribution in [0.5, 0.6) is 0 Å². The lowest BCUT2D eigenvalue weighted by Crippen LogP contribution is -2.01. The number of nitro benzene ring substituents is 2. The van der Waals surface area contributed by atoms with Gasteiger partial charge in [0.1, 0.15) is 5.69 Å². The normalized spacial score (nSPS) is 12.1. The fraction of sp³-hybridized carbons (Fsp3) is 0.308. The number of hydrazone groups is 1. The first-order valence-corrected chi connectivity index (χ1v) is 6.27. The van der Waals surface area contributed by atoms with Crippen LogP contribution in [0.1, 0.15) is 20.3 Å². The molecule has 0 saturated carbocycles. The number of anilines is 1. The van der Waals surface area contributed by atoms with E-state index >= 15 is 0 Å². The molecule has 0 bridgehead atoms. The highest BCUT2D eigenvalue weighted by Crippen LogP contribution is 2.28. The molecule has 0 fully saturated rings. The lowest BCUT2D eigenvalue weighted by molar-refractivity contribution is -0.393. The van der Waals surface area contributed by atoms with Crippen LogP contribution in [0.2, 0.25) is 0 Å². The van der Waals surface area contributed by atoms with Gasteiger partial charge in [0.15, 0.2) is 0 Å². The predicted molar refractivity (Wildman–Crippen MR) is 80.5 cm³/mol. The fourth-order valence-corrected chi connectivity index (χ4v) is 1.45. The molecule has 0 aliphatic rings. The van der Waals surface area contributed by atoms with Gasteiger partial charge in [0.2, 0.25) is 0 Å². The number of allylic oxidation sites excluding steroid dienone is 1. The number of nitrogens with one attached hydrogen (secondary N) is 1. The first-order chi connectivity index (χ1) is 9.86. The Morgan fingerprint density at radius 1 is 1.43 bits per heavy atom. The summed E-state index contributed by atoms with van der Waals surface area (Å²) in [6, 6.07) is 3.31. The molecule has 0 aliphatic carbocycles. The molecule has 8 heteroatoms. The lowest BCUT2D eigenvalue weighted by Gasteiger charge is -2.07. The molecule has 21 heavy (non-hydrogen) atoms. The van der Waals surface area contributed by atoms with E-state index in [0.717, 1.165) is 18.1 Å². The summed E-state index contributed by atoms with van der Waals surface area (Å²) < 4.78 is 0. The molecule has 1 aromatic rings. The molecule has 1 atom stereocenters. The lowest BCUT2D eigenvalue weighted by atomic mass is 10.0. The fourth-order valence-electron chi connectivity index (χ4n) is 1.45. The molecule has 0 radical (unpaired) electrons. The number of hydrogen-bond donors (Lipinski definition) is 1. The van der Waals surface area contributed by atoms with E-state index in [0.29, 0.717) is 0 Å². The third-order valence-electron chi connectivity index (χ3n) is 3.05. The maximum Gasteiger partial charge on any atom is 0.301 e. The molecule has 0 heterocycles. The maximum absolute atomic E-state index is 10.9. The second-order valence-electron chi connectivity index (χ2n) is 4.47. The number of benzene rings is 1. The van der Waals surface area contributed by atoms with Crippen LogP contribution in [-0.4, -0.2) is 16.1 Å². The van der Waals surface area contributed by atoms with Crippen molar-refractivity contribution < 1.29 is 9.85 Å². The third kappa shape index (κ3) is 4.37. The van der Waals surface area contributed by atoms with Gasteiger partial charge >= 0.3 is 5.69 Å². The zero-order valence-electron chi connectivity index (χ0n) is 11.8. The molecule has 112 valence electrons. The van der Waals surface area contributed by atoms with E-state index in [2.05, 4.69) is 17.1 Å². The molecule has 1 aromatic carbocycles. The first kappa shape index (κ1) is 16.3. The van der Waals surface area contributed by atoms with E-state index in [1.54, 1.807) is 0 Å². The van der Waals surface area contributed by atoms with Crippen molar-refractivity contribution in [3.63, 3.8) is 0 Å². The van der Waals surface area contributed by atoms with Crippen molar-refractivity contribution >= 4 is 23.3 Å². The summed E-state index contributed by atoms with van der Waals surface area (Å²) in [4.78, 5) is 20.2. The van der Waals surface area contributed by atoms with Crippen molar-refractivity contribution in [3.8, 4) is 0 Å². The molecule has 0 aromatic heterocycles. The number of nitro groups is 2. The van der Waals surface area contributed by atoms with Gasteiger partial charge in [0, 0.05) is 6.07 Å². The number of nitrogens with zero attached hydrogens (tertiary/aromatic N) is 3. The Balaban J connectivity index is 2.93. The molecule has 0 spiro atoms. The zero-order chi connectivity index (χ0) is 16.0. The zero-order valence-corrected chi connectivity index (χ0v) is 11.8. The molecular formula is C13H16N4O4. The minimum atomic E-state index is -0.700. The van der Waals surface area contributed by atoms with Gasteiger partial charge in [-0.15, -0.1) is 0 Å². The Morgan fingerprint density at radius 3 is 2.62 bits per heavy atom. The van der Waals surface area contributed by atoms with Crippen LogP contribution in [0.3, 0.4) is 0 Å². The highest BCUT2D eigenvalue weighted by Gasteiger charge is 2.19. The van der Waals surface area contributed by atoms with Gasteiger partial charge in [-0.3, -0.25) is 25.7 Å². The minimum Gasteiger partial charge on any atom is -0.272 e. The second kappa shape index (κ2) is 7.13. The summed E-state index contributed by atoms with van der Waals surface area (Å²) in [7, 11) is 0. The molecule has 8 nitrogen and oxygen atoms in total. The Labute approximate surface area is 121 Å². The predicted octanol–water partition coefficient (Wildman–Crippen LogP) is 3.50. The molecule has 0 saturated heterocycles. The molecular weight excluding hydrogens is 276 g/mol. The van der Waals surface area contributed by atoms with Gasteiger partial charge in [0.25, 0.3) is 5.69 Å². The topological polar surface area (TPSA) is 111 Å². The van der Waals surface area contributed by atoms with Crippen LogP contribution in [0, 0.1) is 26.1 Å². The highest BCUT2D eigenvalue weighted by molar-refractivity contribution is 5.79. The van der Waals surface area contributed by atoms with E-state index < -0.39 is 15.5 Å². The van der Waals surface area contributed by atoms with Crippen molar-refractivity contribution in [2.45, 2.75) is 20.3 Å². The van der Waals surface area contributed by atoms with Crippen molar-refractivity contribution in [1.82, 2.24) is 0 Å². The maximum atomic E-state index is 10.9. The summed E-state index contributed by atoms with van der Waals surface area (Å²) in [5.74, 6) is 0.252. The SMILES string of the molecule is C=C(/C=N/Nc1ccc([N+](=O)[O-])cc1[N+](=O)[O-])[C@@H](C)CC. The standard InChI is InChI=1S/C13H16N4O4/c1-4-9(2)10(3)8-14-15-12-6-5-11(16(18)19)7-13(12)17(20)21/h5-9,15H,3-4H2,1-2H3/b14-8+/t9-/m0/s1. The van der Waals surface area contributed by atoms with E-state index in [-0.39, 0.29) is 17.3 Å². The van der Waals surface area contributed by atoms with Crippen LogP contribution >= 0.6 is 0 Å². The van der Waals surface area contributed by atoms with Crippen LogP contribution in [-0.2, 0) is 0 Å². The van der Waals surface area contributed by atoms with Gasteiger partial charge in [-0.2, -0.15) is 5.10 Å². The second-order valence-corrected chi connectivity index (χ2v) is 4.47. The summed E-state index contributed by atoms with van der Waals surface area (Å²) in [5.41, 5.74) is 2.63. The number of non-ortho nitro benzene ring substituents is 1. The van der Waals surface area contributed by atoms with E-state index in [1.807, 2.05) is 13.8 Å². The Kier molecular flexibility index (Phi) is 5.53. The van der Waals surface area contributed by atoms with E-state index in [4.69, 9.17) is 0 Å². The molecule has 1 rings (SSSR count). The van der Waals surface area contributed by atoms with Crippen molar-refractivity contribution in [3.05, 3.63) is 50.6 Å². The highest BCUT2D eigenvalue weighted by atomic mass is 16.6. The van der Waals surface area contributed by atoms with Crippen molar-refractivity contribution in [2.75, 3.05) is 5.43 Å². The van der Waals surface area contributed by atoms with Gasteiger partial charge < -0.3 is 0 Å². The molecule has 0 aliphatic heterocycles. The van der Waals surface area contributed by atoms with Crippen LogP contribution in [0.25, 0.3) is 0 Å². The largest absolute Gasteiger partial charge is 0.301 e. The quantitative estimate of drug-likeness (QED) is 0.469. The third-order valence-corrected chi connectivity index (χ3v) is 3.05. The van der Waals surface area contributed by atoms with Crippen molar-refractivity contribution in [2.24, 2.45) is 11.0 Å². The number of rotatable bonds is 7. The van der Waals surface area contributed by atoms with Crippen molar-refractivity contribution in [1.29, 1.82) is 0 Å². The monoisotopic (exact) mass is 292 g/mol. The number of hydrogen-bond acceptors (Lipinski definition) is 6. The Hall–Kier alpha value is -2.77. The molecule has 0 amide bonds. The summed E-state index contributed by atoms with van der Waals surface area (Å²) in [6.45, 7) is 7.84. The van der Waals surface area contributed by atoms with E-state index in [1.165, 1.54) is 18.3 Å². The smallest absolute Gasteiger partial charge is 0.272 e. The summed E-state index contributed by atoms with van der Waals surface area (Å²) in [5, 5.41) is 25.4. The Morgan fingerprint density at radius 2 is 2.10 bits per heavy atom. The first-order valence-electron chi connectivity index (χ1n) is 6.27.